The summed E-state index contributed by atoms with van der Waals surface area (Å²) in [6, 6.07) is 0. The summed E-state index contributed by atoms with van der Waals surface area (Å²) < 4.78 is 0. The Kier molecular flexibility index (Phi) is 6.28. The maximum absolute atomic E-state index is 11.1. The van der Waals surface area contributed by atoms with E-state index >= 15 is 0 Å². The van der Waals surface area contributed by atoms with Crippen LogP contribution < -0.4 is 0 Å². The van der Waals surface area contributed by atoms with Crippen LogP contribution in [-0.2, 0) is 19.4 Å². The van der Waals surface area contributed by atoms with Crippen LogP contribution in [0.15, 0.2) is 16.6 Å². The third-order valence-electron chi connectivity index (χ3n) is 1.33. The van der Waals surface area contributed by atoms with Crippen molar-refractivity contribution in [1.82, 2.24) is 0 Å². The summed E-state index contributed by atoms with van der Waals surface area (Å²) in [5.74, 6) is -0.584. The van der Waals surface area contributed by atoms with E-state index in [0.717, 1.165) is 6.42 Å². The van der Waals surface area contributed by atoms with Crippen LogP contribution in [0, 0.1) is 0 Å². The van der Waals surface area contributed by atoms with E-state index < -0.39 is 12.2 Å². The predicted molar refractivity (Wildman–Crippen MR) is 48.8 cm³/mol. The molecule has 5 nitrogen and oxygen atoms in total. The minimum absolute atomic E-state index is 0.454. The highest BCUT2D eigenvalue weighted by Gasteiger charge is 2.08. The van der Waals surface area contributed by atoms with Gasteiger partial charge in [0.05, 0.1) is 0 Å². The van der Waals surface area contributed by atoms with E-state index in [9.17, 15) is 9.59 Å². The molecule has 0 aliphatic heterocycles. The number of allylic oxidation sites excluding steroid dienone is 1. The fraction of sp³-hybridized carbons (Fsp3) is 0.556. The highest BCUT2D eigenvalue weighted by molar-refractivity contribution is 5.87. The van der Waals surface area contributed by atoms with Crippen LogP contribution >= 0.6 is 0 Å². The van der Waals surface area contributed by atoms with Crippen LogP contribution in [0.5, 0.6) is 0 Å². The molecule has 5 heteroatoms. The SMILES string of the molecule is CCC=C(C)C(=O)OOC(C)N=C=O. The van der Waals surface area contributed by atoms with Crippen molar-refractivity contribution in [3.8, 4) is 0 Å². The van der Waals surface area contributed by atoms with Gasteiger partial charge in [0, 0.05) is 5.57 Å². The van der Waals surface area contributed by atoms with Crippen molar-refractivity contribution in [2.24, 2.45) is 4.99 Å². The van der Waals surface area contributed by atoms with Gasteiger partial charge < -0.3 is 0 Å². The summed E-state index contributed by atoms with van der Waals surface area (Å²) in [6.45, 7) is 4.97. The van der Waals surface area contributed by atoms with Gasteiger partial charge in [-0.25, -0.2) is 9.59 Å². The van der Waals surface area contributed by atoms with E-state index in [2.05, 4.69) is 14.8 Å². The second-order valence-electron chi connectivity index (χ2n) is 2.58. The van der Waals surface area contributed by atoms with E-state index in [4.69, 9.17) is 0 Å². The van der Waals surface area contributed by atoms with Crippen molar-refractivity contribution < 1.29 is 19.4 Å². The number of hydrogen-bond acceptors (Lipinski definition) is 5. The number of carbonyl (C=O) groups excluding carboxylic acids is 2. The Labute approximate surface area is 82.3 Å². The molecule has 0 radical (unpaired) electrons. The highest BCUT2D eigenvalue weighted by Crippen LogP contribution is 2.01. The molecule has 0 aromatic rings. The molecule has 0 rings (SSSR count). The Hall–Kier alpha value is -1.45. The Bertz CT molecular complexity index is 266. The van der Waals surface area contributed by atoms with Crippen LogP contribution in [-0.4, -0.2) is 18.3 Å². The summed E-state index contributed by atoms with van der Waals surface area (Å²) in [5.41, 5.74) is 0.454. The van der Waals surface area contributed by atoms with Crippen LogP contribution in [0.4, 0.5) is 0 Å². The fourth-order valence-corrected chi connectivity index (χ4v) is 0.664. The minimum atomic E-state index is -0.828. The zero-order valence-corrected chi connectivity index (χ0v) is 8.44. The van der Waals surface area contributed by atoms with Gasteiger partial charge in [0.25, 0.3) is 0 Å². The third kappa shape index (κ3) is 5.24. The first-order valence-corrected chi connectivity index (χ1v) is 4.23. The van der Waals surface area contributed by atoms with Gasteiger partial charge in [-0.05, 0) is 20.3 Å². The van der Waals surface area contributed by atoms with Gasteiger partial charge in [-0.3, -0.25) is 4.89 Å². The van der Waals surface area contributed by atoms with Crippen molar-refractivity contribution in [2.75, 3.05) is 0 Å². The van der Waals surface area contributed by atoms with E-state index in [1.54, 1.807) is 13.0 Å². The lowest BCUT2D eigenvalue weighted by Gasteiger charge is -2.04. The van der Waals surface area contributed by atoms with Crippen LogP contribution in [0.1, 0.15) is 27.2 Å². The van der Waals surface area contributed by atoms with E-state index in [1.165, 1.54) is 13.0 Å². The standard InChI is InChI=1S/C9H13NO4/c1-4-5-7(2)9(12)14-13-8(3)10-6-11/h5,8H,4H2,1-3H3. The van der Waals surface area contributed by atoms with Crippen LogP contribution in [0.2, 0.25) is 0 Å². The van der Waals surface area contributed by atoms with Gasteiger partial charge in [-0.2, -0.15) is 9.88 Å². The van der Waals surface area contributed by atoms with Crippen molar-refractivity contribution in [1.29, 1.82) is 0 Å². The van der Waals surface area contributed by atoms with Gasteiger partial charge in [0.1, 0.15) is 0 Å². The molecule has 1 unspecified atom stereocenters. The second-order valence-corrected chi connectivity index (χ2v) is 2.58. The number of isocyanates is 1. The fourth-order valence-electron chi connectivity index (χ4n) is 0.664. The Morgan fingerprint density at radius 1 is 1.64 bits per heavy atom. The normalized spacial score (nSPS) is 12.9. The molecule has 0 saturated heterocycles. The Morgan fingerprint density at radius 2 is 2.29 bits per heavy atom. The number of carbonyl (C=O) groups is 1. The van der Waals surface area contributed by atoms with Gasteiger partial charge in [-0.1, -0.05) is 13.0 Å². The first-order chi connectivity index (χ1) is 6.61. The Balaban J connectivity index is 3.96. The molecule has 0 aliphatic carbocycles. The average molecular weight is 199 g/mol. The van der Waals surface area contributed by atoms with Gasteiger partial charge in [0.15, 0.2) is 0 Å². The maximum atomic E-state index is 11.1. The van der Waals surface area contributed by atoms with Gasteiger partial charge in [0.2, 0.25) is 12.3 Å². The lowest BCUT2D eigenvalue weighted by molar-refractivity contribution is -0.289. The molecule has 14 heavy (non-hydrogen) atoms. The molecule has 78 valence electrons. The molecule has 0 heterocycles. The van der Waals surface area contributed by atoms with Crippen molar-refractivity contribution >= 4 is 12.0 Å². The number of nitrogens with zero attached hydrogens (tertiary/aromatic N) is 1. The zero-order valence-electron chi connectivity index (χ0n) is 8.44. The topological polar surface area (TPSA) is 65.0 Å². The van der Waals surface area contributed by atoms with Crippen molar-refractivity contribution in [2.45, 2.75) is 33.4 Å². The largest absolute Gasteiger partial charge is 0.368 e. The van der Waals surface area contributed by atoms with Gasteiger partial charge >= 0.3 is 5.97 Å². The van der Waals surface area contributed by atoms with Crippen LogP contribution in [0.25, 0.3) is 0 Å². The monoisotopic (exact) mass is 199 g/mol. The molecule has 0 aromatic heterocycles. The molecule has 0 fully saturated rings. The molecule has 0 aliphatic rings. The molecule has 0 N–H and O–H groups in total. The summed E-state index contributed by atoms with van der Waals surface area (Å²) in [5, 5.41) is 0. The first kappa shape index (κ1) is 12.6. The zero-order chi connectivity index (χ0) is 11.0. The molecule has 1 atom stereocenters. The molecule has 0 spiro atoms. The van der Waals surface area contributed by atoms with Gasteiger partial charge in [-0.15, -0.1) is 0 Å². The second kappa shape index (κ2) is 7.00. The summed E-state index contributed by atoms with van der Waals surface area (Å²) in [6.07, 6.45) is 2.91. The Morgan fingerprint density at radius 3 is 2.79 bits per heavy atom. The average Bonchev–Trinajstić information content (AvgIpc) is 2.15. The van der Waals surface area contributed by atoms with E-state index in [1.807, 2.05) is 6.92 Å². The van der Waals surface area contributed by atoms with Crippen molar-refractivity contribution in [3.63, 3.8) is 0 Å². The van der Waals surface area contributed by atoms with E-state index in [0.29, 0.717) is 5.57 Å². The number of hydrogen-bond donors (Lipinski definition) is 0. The minimum Gasteiger partial charge on any atom is -0.291 e. The smallest absolute Gasteiger partial charge is 0.291 e. The summed E-state index contributed by atoms with van der Waals surface area (Å²) >= 11 is 0. The quantitative estimate of drug-likeness (QED) is 0.221. The van der Waals surface area contributed by atoms with E-state index in [-0.39, 0.29) is 0 Å². The summed E-state index contributed by atoms with van der Waals surface area (Å²) in [7, 11) is 0. The lowest BCUT2D eigenvalue weighted by Crippen LogP contribution is -2.12. The highest BCUT2D eigenvalue weighted by atomic mass is 17.2. The van der Waals surface area contributed by atoms with Crippen LogP contribution in [0.3, 0.4) is 0 Å². The first-order valence-electron chi connectivity index (χ1n) is 4.23. The number of aliphatic imine (C=N–C) groups is 1. The third-order valence-corrected chi connectivity index (χ3v) is 1.33. The maximum Gasteiger partial charge on any atom is 0.368 e. The molecule has 0 saturated carbocycles. The van der Waals surface area contributed by atoms with Crippen molar-refractivity contribution in [3.05, 3.63) is 11.6 Å². The molecule has 0 amide bonds. The molecule has 0 aromatic carbocycles. The summed E-state index contributed by atoms with van der Waals surface area (Å²) in [4.78, 5) is 32.9. The predicted octanol–water partition coefficient (Wildman–Crippen LogP) is 1.50. The molecular weight excluding hydrogens is 186 g/mol. The molecule has 0 bridgehead atoms. The lowest BCUT2D eigenvalue weighted by atomic mass is 10.2. The molecular formula is C9H13NO4. The number of rotatable bonds is 5.